The van der Waals surface area contributed by atoms with E-state index in [-0.39, 0.29) is 11.3 Å². The van der Waals surface area contributed by atoms with Gasteiger partial charge in [-0.2, -0.15) is 0 Å². The highest BCUT2D eigenvalue weighted by Crippen LogP contribution is 2.46. The summed E-state index contributed by atoms with van der Waals surface area (Å²) >= 11 is 1.32. The number of nitrogens with zero attached hydrogens (tertiary/aromatic N) is 2. The summed E-state index contributed by atoms with van der Waals surface area (Å²) in [4.78, 5) is 33.7. The maximum atomic E-state index is 13.8. The molecule has 1 N–H and O–H groups in total. The number of anilines is 1. The normalized spacial score (nSPS) is 17.3. The van der Waals surface area contributed by atoms with Gasteiger partial charge in [0.15, 0.2) is 28.1 Å². The highest BCUT2D eigenvalue weighted by molar-refractivity contribution is 7.22. The lowest BCUT2D eigenvalue weighted by Gasteiger charge is -2.24. The van der Waals surface area contributed by atoms with E-state index in [0.717, 1.165) is 29.5 Å². The van der Waals surface area contributed by atoms with Crippen molar-refractivity contribution in [2.75, 3.05) is 31.3 Å². The Morgan fingerprint density at radius 3 is 2.59 bits per heavy atom. The molecule has 0 saturated carbocycles. The number of carbonyl (C=O) groups excluding carboxylic acids is 2. The van der Waals surface area contributed by atoms with Crippen LogP contribution >= 0.6 is 11.3 Å². The first-order valence-electron chi connectivity index (χ1n) is 14.9. The highest BCUT2D eigenvalue weighted by Gasteiger charge is 2.48. The van der Waals surface area contributed by atoms with Crippen molar-refractivity contribution in [1.82, 2.24) is 4.98 Å². The van der Waals surface area contributed by atoms with Gasteiger partial charge in [0.05, 0.1) is 35.0 Å². The number of thiazole rings is 1. The summed E-state index contributed by atoms with van der Waals surface area (Å²) in [7, 11) is 0. The number of ether oxygens (including phenoxy) is 4. The Morgan fingerprint density at radius 1 is 0.977 bits per heavy atom. The van der Waals surface area contributed by atoms with Gasteiger partial charge in [-0.3, -0.25) is 14.5 Å². The number of aliphatic hydroxyl groups excluding tert-OH is 1. The SMILES string of the molecule is CCCCCOc1ccc([C@H]2C(=C(O)c3ccc4c(c3)OCCO4)C(=O)C(=O)N2c2nc3ccc(C)cc3s2)cc1OCC. The summed E-state index contributed by atoms with van der Waals surface area (Å²) in [5.74, 6) is 0.166. The molecule has 228 valence electrons. The van der Waals surface area contributed by atoms with Crippen molar-refractivity contribution in [1.29, 1.82) is 0 Å². The average molecular weight is 615 g/mol. The summed E-state index contributed by atoms with van der Waals surface area (Å²) in [6.07, 6.45) is 3.04. The predicted molar refractivity (Wildman–Crippen MR) is 169 cm³/mol. The van der Waals surface area contributed by atoms with Gasteiger partial charge < -0.3 is 24.1 Å². The Hall–Kier alpha value is -4.57. The van der Waals surface area contributed by atoms with Crippen molar-refractivity contribution >= 4 is 44.1 Å². The number of unbranched alkanes of at least 4 members (excludes halogenated alkanes) is 2. The molecule has 6 rings (SSSR count). The van der Waals surface area contributed by atoms with Crippen LogP contribution in [0.4, 0.5) is 5.13 Å². The standard InChI is InChI=1S/C34H34N2O7S/c1-4-6-7-14-41-24-12-9-21(18-26(24)40-5-2)30-29(31(37)22-10-13-25-27(19-22)43-16-15-42-25)32(38)33(39)36(30)34-35-23-11-8-20(3)17-28(23)44-34/h8-13,17-19,30,37H,4-7,14-16H2,1-3H3/t30-/m0/s1. The number of aromatic nitrogens is 1. The minimum absolute atomic E-state index is 0.0545. The van der Waals surface area contributed by atoms with Gasteiger partial charge in [0.1, 0.15) is 19.0 Å². The van der Waals surface area contributed by atoms with Gasteiger partial charge >= 0.3 is 5.91 Å². The van der Waals surface area contributed by atoms with Crippen LogP contribution in [0.15, 0.2) is 60.2 Å². The topological polar surface area (TPSA) is 107 Å². The molecular weight excluding hydrogens is 580 g/mol. The maximum absolute atomic E-state index is 13.8. The van der Waals surface area contributed by atoms with E-state index in [1.54, 1.807) is 36.4 Å². The van der Waals surface area contributed by atoms with E-state index in [0.29, 0.717) is 71.2 Å². The van der Waals surface area contributed by atoms with Crippen LogP contribution in [0.5, 0.6) is 23.0 Å². The number of carbonyl (C=O) groups is 2. The molecule has 44 heavy (non-hydrogen) atoms. The Bertz CT molecular complexity index is 1760. The third kappa shape index (κ3) is 5.57. The van der Waals surface area contributed by atoms with Crippen molar-refractivity contribution in [2.24, 2.45) is 0 Å². The molecule has 0 radical (unpaired) electrons. The van der Waals surface area contributed by atoms with Crippen molar-refractivity contribution in [3.8, 4) is 23.0 Å². The smallest absolute Gasteiger partial charge is 0.301 e. The molecular formula is C34H34N2O7S. The van der Waals surface area contributed by atoms with Gasteiger partial charge in [-0.25, -0.2) is 4.98 Å². The van der Waals surface area contributed by atoms with Crippen molar-refractivity contribution in [3.63, 3.8) is 0 Å². The molecule has 3 aromatic carbocycles. The number of benzene rings is 3. The number of aliphatic hydroxyl groups is 1. The van der Waals surface area contributed by atoms with Crippen LogP contribution in [-0.2, 0) is 9.59 Å². The molecule has 1 fully saturated rings. The summed E-state index contributed by atoms with van der Waals surface area (Å²) in [5.41, 5.74) is 2.62. The van der Waals surface area contributed by atoms with Gasteiger partial charge in [-0.05, 0) is 73.9 Å². The first-order valence-corrected chi connectivity index (χ1v) is 15.7. The lowest BCUT2D eigenvalue weighted by atomic mass is 9.95. The molecule has 9 nitrogen and oxygen atoms in total. The molecule has 0 spiro atoms. The molecule has 10 heteroatoms. The molecule has 1 saturated heterocycles. The van der Waals surface area contributed by atoms with Crippen LogP contribution in [-0.4, -0.2) is 48.2 Å². The van der Waals surface area contributed by atoms with Crippen molar-refractivity contribution < 1.29 is 33.6 Å². The van der Waals surface area contributed by atoms with E-state index in [1.807, 2.05) is 32.0 Å². The highest BCUT2D eigenvalue weighted by atomic mass is 32.1. The quantitative estimate of drug-likeness (QED) is 0.0883. The summed E-state index contributed by atoms with van der Waals surface area (Å²) < 4.78 is 24.2. The van der Waals surface area contributed by atoms with Crippen LogP contribution in [0.1, 0.15) is 55.8 Å². The molecule has 1 atom stereocenters. The van der Waals surface area contributed by atoms with E-state index in [2.05, 4.69) is 6.92 Å². The van der Waals surface area contributed by atoms with E-state index in [9.17, 15) is 14.7 Å². The third-order valence-corrected chi connectivity index (χ3v) is 8.61. The Labute approximate surface area is 259 Å². The van der Waals surface area contributed by atoms with Crippen LogP contribution < -0.4 is 23.8 Å². The van der Waals surface area contributed by atoms with E-state index >= 15 is 0 Å². The van der Waals surface area contributed by atoms with Crippen LogP contribution in [0.25, 0.3) is 16.0 Å². The van der Waals surface area contributed by atoms with Gasteiger partial charge in [-0.1, -0.05) is 43.2 Å². The number of fused-ring (bicyclic) bond motifs is 2. The fraction of sp³-hybridized carbons (Fsp3) is 0.324. The Kier molecular flexibility index (Phi) is 8.43. The lowest BCUT2D eigenvalue weighted by molar-refractivity contribution is -0.132. The molecule has 4 aromatic rings. The minimum atomic E-state index is -0.974. The number of rotatable bonds is 10. The van der Waals surface area contributed by atoms with Crippen molar-refractivity contribution in [2.45, 2.75) is 46.1 Å². The zero-order valence-electron chi connectivity index (χ0n) is 24.9. The number of Topliss-reactive ketones (excluding diaryl/α,β-unsaturated/α-hetero) is 1. The summed E-state index contributed by atoms with van der Waals surface area (Å²) in [6.45, 7) is 7.72. The maximum Gasteiger partial charge on any atom is 0.301 e. The monoisotopic (exact) mass is 614 g/mol. The predicted octanol–water partition coefficient (Wildman–Crippen LogP) is 6.97. The van der Waals surface area contributed by atoms with Gasteiger partial charge in [-0.15, -0.1) is 0 Å². The van der Waals surface area contributed by atoms with E-state index in [4.69, 9.17) is 23.9 Å². The second-order valence-electron chi connectivity index (χ2n) is 10.7. The number of hydrogen-bond donors (Lipinski definition) is 1. The number of amides is 1. The van der Waals surface area contributed by atoms with Crippen LogP contribution in [0, 0.1) is 6.92 Å². The minimum Gasteiger partial charge on any atom is -0.507 e. The molecule has 2 aliphatic heterocycles. The third-order valence-electron chi connectivity index (χ3n) is 7.59. The Balaban J connectivity index is 1.49. The van der Waals surface area contributed by atoms with Gasteiger partial charge in [0.25, 0.3) is 5.78 Å². The molecule has 1 aromatic heterocycles. The zero-order chi connectivity index (χ0) is 30.8. The molecule has 0 unspecified atom stereocenters. The Morgan fingerprint density at radius 2 is 1.80 bits per heavy atom. The van der Waals surface area contributed by atoms with E-state index < -0.39 is 17.7 Å². The second-order valence-corrected chi connectivity index (χ2v) is 11.7. The molecule has 0 bridgehead atoms. The zero-order valence-corrected chi connectivity index (χ0v) is 25.7. The first-order chi connectivity index (χ1) is 21.4. The lowest BCUT2D eigenvalue weighted by Crippen LogP contribution is -2.29. The fourth-order valence-corrected chi connectivity index (χ4v) is 6.52. The first kappa shape index (κ1) is 29.5. The van der Waals surface area contributed by atoms with Crippen molar-refractivity contribution in [3.05, 3.63) is 76.9 Å². The van der Waals surface area contributed by atoms with Crippen LogP contribution in [0.3, 0.4) is 0 Å². The summed E-state index contributed by atoms with van der Waals surface area (Å²) in [6, 6.07) is 15.2. The van der Waals surface area contributed by atoms with Gasteiger partial charge in [0.2, 0.25) is 0 Å². The number of aryl methyl sites for hydroxylation is 1. The fourth-order valence-electron chi connectivity index (χ4n) is 5.43. The summed E-state index contributed by atoms with van der Waals surface area (Å²) in [5, 5.41) is 12.0. The molecule has 0 aliphatic carbocycles. The van der Waals surface area contributed by atoms with Gasteiger partial charge in [0, 0.05) is 5.56 Å². The number of hydrogen-bond acceptors (Lipinski definition) is 9. The van der Waals surface area contributed by atoms with Crippen LogP contribution in [0.2, 0.25) is 0 Å². The second kappa shape index (κ2) is 12.6. The number of ketones is 1. The molecule has 3 heterocycles. The van der Waals surface area contributed by atoms with E-state index in [1.165, 1.54) is 16.2 Å². The largest absolute Gasteiger partial charge is 0.507 e. The molecule has 1 amide bonds. The average Bonchev–Trinajstić information content (AvgIpc) is 3.56. The molecule has 2 aliphatic rings.